The van der Waals surface area contributed by atoms with Crippen LogP contribution in [0.4, 0.5) is 5.69 Å². The van der Waals surface area contributed by atoms with Gasteiger partial charge in [0.1, 0.15) is 0 Å². The Labute approximate surface area is 157 Å². The minimum atomic E-state index is 0.811. The predicted octanol–water partition coefficient (Wildman–Crippen LogP) is 5.22. The second kappa shape index (κ2) is 9.97. The lowest BCUT2D eigenvalue weighted by Crippen LogP contribution is -2.25. The normalized spacial score (nSPS) is 13.1. The van der Waals surface area contributed by atoms with E-state index >= 15 is 0 Å². The summed E-state index contributed by atoms with van der Waals surface area (Å²) in [6.45, 7) is 11.0. The molecule has 3 aromatic rings. The van der Waals surface area contributed by atoms with E-state index in [4.69, 9.17) is 0 Å². The molecule has 0 saturated heterocycles. The highest BCUT2D eigenvalue weighted by Crippen LogP contribution is 2.31. The Morgan fingerprint density at radius 3 is 2.54 bits per heavy atom. The highest BCUT2D eigenvalue weighted by Gasteiger charge is 2.19. The number of fused-ring (bicyclic) bond motifs is 3. The Morgan fingerprint density at radius 1 is 1.08 bits per heavy atom. The summed E-state index contributed by atoms with van der Waals surface area (Å²) in [4.78, 5) is 10.1. The molecule has 0 bridgehead atoms. The summed E-state index contributed by atoms with van der Waals surface area (Å²) in [6.07, 6.45) is 4.77. The molecule has 3 heterocycles. The van der Waals surface area contributed by atoms with E-state index in [-0.39, 0.29) is 0 Å². The van der Waals surface area contributed by atoms with Crippen molar-refractivity contribution in [2.75, 3.05) is 18.9 Å². The Hall–Kier alpha value is -2.33. The molecule has 1 aliphatic heterocycles. The second-order valence-electron chi connectivity index (χ2n) is 6.01. The number of hydrogen-bond donors (Lipinski definition) is 2. The number of pyridine rings is 1. The van der Waals surface area contributed by atoms with Gasteiger partial charge in [-0.15, -0.1) is 0 Å². The van der Waals surface area contributed by atoms with Crippen molar-refractivity contribution in [3.8, 4) is 0 Å². The number of aromatic nitrogens is 2. The maximum atomic E-state index is 4.06. The third-order valence-electron chi connectivity index (χ3n) is 4.43. The van der Waals surface area contributed by atoms with Crippen LogP contribution in [0.5, 0.6) is 0 Å². The number of hydrogen-bond acceptors (Lipinski definition) is 3. The van der Waals surface area contributed by atoms with Crippen LogP contribution >= 0.6 is 0 Å². The number of para-hydroxylation sites is 1. The minimum Gasteiger partial charge on any atom is -0.379 e. The molecule has 1 aliphatic rings. The number of H-pyrrole nitrogens is 1. The van der Waals surface area contributed by atoms with Crippen molar-refractivity contribution in [3.63, 3.8) is 0 Å². The van der Waals surface area contributed by atoms with Gasteiger partial charge in [-0.3, -0.25) is 4.98 Å². The number of aromatic amines is 1. The minimum absolute atomic E-state index is 0.811. The Balaban J connectivity index is 0.000000570. The molecule has 0 saturated carbocycles. The zero-order valence-corrected chi connectivity index (χ0v) is 16.8. The summed E-state index contributed by atoms with van der Waals surface area (Å²) in [5.41, 5.74) is 6.49. The van der Waals surface area contributed by atoms with E-state index in [1.165, 1.54) is 33.4 Å². The standard InChI is InChI=1S/C18H20N4.2C2H6/c1-22-10-7-16-15(12-22)14-3-2-4-17(18(14)21-16)20-11-13-5-8-19-9-6-13;2*1-2/h2-6,8-9,20-21H,7,10-12H2,1H3;2*1-2H3. The molecule has 0 fully saturated rings. The number of benzene rings is 1. The Kier molecular flexibility index (Phi) is 7.67. The quantitative estimate of drug-likeness (QED) is 0.679. The molecule has 0 radical (unpaired) electrons. The lowest BCUT2D eigenvalue weighted by atomic mass is 10.0. The molecule has 140 valence electrons. The number of nitrogens with zero attached hydrogens (tertiary/aromatic N) is 2. The summed E-state index contributed by atoms with van der Waals surface area (Å²) < 4.78 is 0. The highest BCUT2D eigenvalue weighted by molar-refractivity contribution is 5.94. The summed E-state index contributed by atoms with van der Waals surface area (Å²) >= 11 is 0. The predicted molar refractivity (Wildman–Crippen MR) is 113 cm³/mol. The molecule has 4 rings (SSSR count). The summed E-state index contributed by atoms with van der Waals surface area (Å²) in [5.74, 6) is 0. The van der Waals surface area contributed by atoms with Crippen LogP contribution < -0.4 is 5.32 Å². The lowest BCUT2D eigenvalue weighted by molar-refractivity contribution is 0.313. The van der Waals surface area contributed by atoms with Crippen LogP contribution in [0.3, 0.4) is 0 Å². The molecule has 2 aromatic heterocycles. The largest absolute Gasteiger partial charge is 0.379 e. The van der Waals surface area contributed by atoms with Gasteiger partial charge in [-0.1, -0.05) is 39.8 Å². The lowest BCUT2D eigenvalue weighted by Gasteiger charge is -2.22. The van der Waals surface area contributed by atoms with Crippen molar-refractivity contribution in [3.05, 3.63) is 59.5 Å². The van der Waals surface area contributed by atoms with Gasteiger partial charge in [-0.05, 0) is 36.4 Å². The first-order valence-corrected chi connectivity index (χ1v) is 9.75. The van der Waals surface area contributed by atoms with Crippen molar-refractivity contribution < 1.29 is 0 Å². The summed E-state index contributed by atoms with van der Waals surface area (Å²) in [6, 6.07) is 10.6. The van der Waals surface area contributed by atoms with Gasteiger partial charge in [0.25, 0.3) is 0 Å². The van der Waals surface area contributed by atoms with Crippen LogP contribution in [0.25, 0.3) is 10.9 Å². The fourth-order valence-corrected chi connectivity index (χ4v) is 3.22. The van der Waals surface area contributed by atoms with Gasteiger partial charge >= 0.3 is 0 Å². The van der Waals surface area contributed by atoms with Crippen LogP contribution in [0.1, 0.15) is 44.5 Å². The number of nitrogens with one attached hydrogen (secondary N) is 2. The molecule has 0 atom stereocenters. The number of likely N-dealkylation sites (N-methyl/N-ethyl adjacent to an activating group) is 1. The average molecular weight is 353 g/mol. The topological polar surface area (TPSA) is 44.0 Å². The van der Waals surface area contributed by atoms with Gasteiger partial charge < -0.3 is 15.2 Å². The third-order valence-corrected chi connectivity index (χ3v) is 4.43. The monoisotopic (exact) mass is 352 g/mol. The molecular weight excluding hydrogens is 320 g/mol. The van der Waals surface area contributed by atoms with Crippen LogP contribution in [0.15, 0.2) is 42.7 Å². The van der Waals surface area contributed by atoms with Crippen molar-refractivity contribution >= 4 is 16.6 Å². The molecule has 2 N–H and O–H groups in total. The van der Waals surface area contributed by atoms with Crippen LogP contribution in [0, 0.1) is 0 Å². The third kappa shape index (κ3) is 4.44. The maximum absolute atomic E-state index is 4.06. The average Bonchev–Trinajstić information content (AvgIpc) is 3.09. The first-order chi connectivity index (χ1) is 12.8. The van der Waals surface area contributed by atoms with Crippen molar-refractivity contribution in [2.24, 2.45) is 0 Å². The number of rotatable bonds is 3. The molecule has 0 amide bonds. The SMILES string of the molecule is CC.CC.CN1CCc2[nH]c3c(NCc4ccncc4)cccc3c2C1. The second-order valence-corrected chi connectivity index (χ2v) is 6.01. The zero-order valence-electron chi connectivity index (χ0n) is 16.8. The van der Waals surface area contributed by atoms with Gasteiger partial charge in [-0.25, -0.2) is 0 Å². The van der Waals surface area contributed by atoms with E-state index in [0.29, 0.717) is 0 Å². The summed E-state index contributed by atoms with van der Waals surface area (Å²) in [7, 11) is 2.19. The summed E-state index contributed by atoms with van der Waals surface area (Å²) in [5, 5.41) is 4.90. The van der Waals surface area contributed by atoms with Gasteiger partial charge in [-0.2, -0.15) is 0 Å². The first kappa shape index (κ1) is 20.0. The van der Waals surface area contributed by atoms with Gasteiger partial charge in [0.15, 0.2) is 0 Å². The van der Waals surface area contributed by atoms with E-state index < -0.39 is 0 Å². The fourth-order valence-electron chi connectivity index (χ4n) is 3.22. The van der Waals surface area contributed by atoms with Gasteiger partial charge in [0.05, 0.1) is 11.2 Å². The Morgan fingerprint density at radius 2 is 1.81 bits per heavy atom. The van der Waals surface area contributed by atoms with Crippen LogP contribution in [-0.2, 0) is 19.5 Å². The van der Waals surface area contributed by atoms with Crippen molar-refractivity contribution in [2.45, 2.75) is 47.2 Å². The van der Waals surface area contributed by atoms with E-state index in [0.717, 1.165) is 26.1 Å². The van der Waals surface area contributed by atoms with E-state index in [1.807, 2.05) is 52.2 Å². The molecule has 4 nitrogen and oxygen atoms in total. The molecule has 0 unspecified atom stereocenters. The van der Waals surface area contributed by atoms with E-state index in [1.54, 1.807) is 0 Å². The molecule has 26 heavy (non-hydrogen) atoms. The van der Waals surface area contributed by atoms with Gasteiger partial charge in [0.2, 0.25) is 0 Å². The first-order valence-electron chi connectivity index (χ1n) is 9.75. The fraction of sp³-hybridized carbons (Fsp3) is 0.409. The molecule has 0 spiro atoms. The van der Waals surface area contributed by atoms with E-state index in [9.17, 15) is 0 Å². The smallest absolute Gasteiger partial charge is 0.0695 e. The molecular formula is C22H32N4. The molecule has 0 aliphatic carbocycles. The zero-order chi connectivity index (χ0) is 18.9. The van der Waals surface area contributed by atoms with Crippen molar-refractivity contribution in [1.29, 1.82) is 0 Å². The number of anilines is 1. The van der Waals surface area contributed by atoms with Crippen LogP contribution in [0.2, 0.25) is 0 Å². The van der Waals surface area contributed by atoms with Gasteiger partial charge in [0, 0.05) is 49.5 Å². The highest BCUT2D eigenvalue weighted by atomic mass is 15.1. The molecule has 1 aromatic carbocycles. The maximum Gasteiger partial charge on any atom is 0.0695 e. The van der Waals surface area contributed by atoms with E-state index in [2.05, 4.69) is 45.4 Å². The Bertz CT molecular complexity index is 793. The van der Waals surface area contributed by atoms with Crippen molar-refractivity contribution in [1.82, 2.24) is 14.9 Å². The molecule has 4 heteroatoms. The van der Waals surface area contributed by atoms with Crippen LogP contribution in [-0.4, -0.2) is 28.5 Å².